The summed E-state index contributed by atoms with van der Waals surface area (Å²) in [5.41, 5.74) is 4.15. The van der Waals surface area contributed by atoms with Crippen molar-refractivity contribution in [3.63, 3.8) is 0 Å². The van der Waals surface area contributed by atoms with Gasteiger partial charge in [-0.15, -0.1) is 0 Å². The second-order valence-electron chi connectivity index (χ2n) is 6.63. The molecule has 0 radical (unpaired) electrons. The van der Waals surface area contributed by atoms with Gasteiger partial charge in [-0.1, -0.05) is 29.8 Å². The van der Waals surface area contributed by atoms with Gasteiger partial charge < -0.3 is 9.80 Å². The van der Waals surface area contributed by atoms with Gasteiger partial charge in [-0.3, -0.25) is 4.98 Å². The molecule has 1 saturated heterocycles. The molecule has 5 heteroatoms. The molecule has 0 atom stereocenters. The molecule has 3 aromatic rings. The molecular formula is C21H21ClN4. The molecule has 0 unspecified atom stereocenters. The molecule has 4 nitrogen and oxygen atoms in total. The number of piperazine rings is 1. The van der Waals surface area contributed by atoms with E-state index in [-0.39, 0.29) is 0 Å². The molecule has 1 aliphatic rings. The van der Waals surface area contributed by atoms with Gasteiger partial charge in [0.25, 0.3) is 0 Å². The van der Waals surface area contributed by atoms with Crippen molar-refractivity contribution < 1.29 is 0 Å². The molecule has 132 valence electrons. The lowest BCUT2D eigenvalue weighted by Gasteiger charge is -2.33. The van der Waals surface area contributed by atoms with Crippen LogP contribution in [0.1, 0.15) is 0 Å². The summed E-state index contributed by atoms with van der Waals surface area (Å²) in [4.78, 5) is 13.9. The molecule has 0 saturated carbocycles. The van der Waals surface area contributed by atoms with Gasteiger partial charge in [-0.2, -0.15) is 0 Å². The first-order chi connectivity index (χ1) is 12.7. The average Bonchev–Trinajstić information content (AvgIpc) is 2.70. The molecule has 0 spiro atoms. The highest BCUT2D eigenvalue weighted by Crippen LogP contribution is 2.24. The monoisotopic (exact) mass is 364 g/mol. The Morgan fingerprint density at radius 2 is 1.38 bits per heavy atom. The normalized spacial score (nSPS) is 15.2. The molecule has 2 aromatic heterocycles. The largest absolute Gasteiger partial charge is 0.354 e. The maximum Gasteiger partial charge on any atom is 0.128 e. The molecule has 1 fully saturated rings. The van der Waals surface area contributed by atoms with Crippen molar-refractivity contribution in [1.29, 1.82) is 0 Å². The number of benzene rings is 1. The fourth-order valence-electron chi connectivity index (χ4n) is 3.14. The Morgan fingerprint density at radius 3 is 2.00 bits per heavy atom. The number of halogens is 1. The van der Waals surface area contributed by atoms with Gasteiger partial charge >= 0.3 is 0 Å². The second-order valence-corrected chi connectivity index (χ2v) is 7.07. The number of hydrogen-bond donors (Lipinski definition) is 0. The minimum Gasteiger partial charge on any atom is -0.354 e. The van der Waals surface area contributed by atoms with E-state index in [1.807, 2.05) is 42.7 Å². The third-order valence-corrected chi connectivity index (χ3v) is 5.06. The Kier molecular flexibility index (Phi) is 4.87. The van der Waals surface area contributed by atoms with Crippen molar-refractivity contribution >= 4 is 17.4 Å². The maximum atomic E-state index is 5.95. The fraction of sp³-hybridized carbons (Fsp3) is 0.238. The predicted molar refractivity (Wildman–Crippen MR) is 108 cm³/mol. The molecule has 26 heavy (non-hydrogen) atoms. The SMILES string of the molecule is CN1CCN(c2ccc(-c3ccc(-c4ccc(Cl)cc4)cn3)cn2)CC1. The summed E-state index contributed by atoms with van der Waals surface area (Å²) in [6.07, 6.45) is 3.81. The standard InChI is InChI=1S/C21H21ClN4/c1-25-10-12-26(13-11-25)21-9-5-18(15-24-21)20-8-4-17(14-23-20)16-2-6-19(22)7-3-16/h2-9,14-15H,10-13H2,1H3. The van der Waals surface area contributed by atoms with Crippen LogP contribution in [0.3, 0.4) is 0 Å². The quantitative estimate of drug-likeness (QED) is 0.696. The van der Waals surface area contributed by atoms with Gasteiger partial charge in [0.05, 0.1) is 5.69 Å². The lowest BCUT2D eigenvalue weighted by Crippen LogP contribution is -2.44. The van der Waals surface area contributed by atoms with Crippen LogP contribution in [0, 0.1) is 0 Å². The van der Waals surface area contributed by atoms with Crippen LogP contribution in [0.5, 0.6) is 0 Å². The number of aromatic nitrogens is 2. The molecule has 0 aliphatic carbocycles. The highest BCUT2D eigenvalue weighted by atomic mass is 35.5. The molecule has 1 aliphatic heterocycles. The van der Waals surface area contributed by atoms with E-state index < -0.39 is 0 Å². The number of rotatable bonds is 3. The third-order valence-electron chi connectivity index (χ3n) is 4.81. The van der Waals surface area contributed by atoms with E-state index in [1.54, 1.807) is 0 Å². The molecule has 4 rings (SSSR count). The summed E-state index contributed by atoms with van der Waals surface area (Å²) >= 11 is 5.95. The number of nitrogens with zero attached hydrogens (tertiary/aromatic N) is 4. The van der Waals surface area contributed by atoms with Gasteiger partial charge in [0, 0.05) is 54.7 Å². The summed E-state index contributed by atoms with van der Waals surface area (Å²) in [6.45, 7) is 4.21. The highest BCUT2D eigenvalue weighted by Gasteiger charge is 2.15. The summed E-state index contributed by atoms with van der Waals surface area (Å²) in [7, 11) is 2.16. The number of anilines is 1. The Bertz CT molecular complexity index is 852. The van der Waals surface area contributed by atoms with E-state index in [0.717, 1.165) is 59.4 Å². The van der Waals surface area contributed by atoms with Crippen LogP contribution in [0.4, 0.5) is 5.82 Å². The topological polar surface area (TPSA) is 32.3 Å². The van der Waals surface area contributed by atoms with Gasteiger partial charge in [0.1, 0.15) is 5.82 Å². The lowest BCUT2D eigenvalue weighted by atomic mass is 10.1. The second kappa shape index (κ2) is 7.44. The van der Waals surface area contributed by atoms with Crippen LogP contribution < -0.4 is 4.90 Å². The van der Waals surface area contributed by atoms with E-state index in [0.29, 0.717) is 0 Å². The lowest BCUT2D eigenvalue weighted by molar-refractivity contribution is 0.312. The Balaban J connectivity index is 1.50. The van der Waals surface area contributed by atoms with E-state index in [4.69, 9.17) is 11.6 Å². The molecule has 1 aromatic carbocycles. The zero-order chi connectivity index (χ0) is 17.9. The summed E-state index contributed by atoms with van der Waals surface area (Å²) in [5.74, 6) is 1.04. The van der Waals surface area contributed by atoms with Crippen molar-refractivity contribution in [3.8, 4) is 22.4 Å². The Hall–Kier alpha value is -2.43. The first-order valence-electron chi connectivity index (χ1n) is 8.81. The predicted octanol–water partition coefficient (Wildman–Crippen LogP) is 4.22. The minimum atomic E-state index is 0.741. The van der Waals surface area contributed by atoms with Crippen LogP contribution in [-0.2, 0) is 0 Å². The zero-order valence-corrected chi connectivity index (χ0v) is 15.5. The van der Waals surface area contributed by atoms with Crippen LogP contribution in [0.2, 0.25) is 5.02 Å². The van der Waals surface area contributed by atoms with Crippen molar-refractivity contribution in [2.75, 3.05) is 38.1 Å². The maximum absolute atomic E-state index is 5.95. The number of hydrogen-bond acceptors (Lipinski definition) is 4. The van der Waals surface area contributed by atoms with Crippen LogP contribution >= 0.6 is 11.6 Å². The first-order valence-corrected chi connectivity index (χ1v) is 9.19. The zero-order valence-electron chi connectivity index (χ0n) is 14.8. The van der Waals surface area contributed by atoms with Crippen molar-refractivity contribution in [1.82, 2.24) is 14.9 Å². The van der Waals surface area contributed by atoms with Crippen LogP contribution in [0.15, 0.2) is 60.9 Å². The van der Waals surface area contributed by atoms with Gasteiger partial charge in [-0.05, 0) is 42.9 Å². The van der Waals surface area contributed by atoms with Crippen LogP contribution in [-0.4, -0.2) is 48.1 Å². The van der Waals surface area contributed by atoms with E-state index in [1.165, 1.54) is 0 Å². The van der Waals surface area contributed by atoms with Crippen molar-refractivity contribution in [3.05, 3.63) is 65.9 Å². The summed E-state index contributed by atoms with van der Waals surface area (Å²) in [5, 5.41) is 0.741. The number of pyridine rings is 2. The van der Waals surface area contributed by atoms with E-state index in [2.05, 4.69) is 45.0 Å². The van der Waals surface area contributed by atoms with Gasteiger partial charge in [0.15, 0.2) is 0 Å². The smallest absolute Gasteiger partial charge is 0.128 e. The highest BCUT2D eigenvalue weighted by molar-refractivity contribution is 6.30. The molecule has 0 N–H and O–H groups in total. The van der Waals surface area contributed by atoms with Crippen molar-refractivity contribution in [2.24, 2.45) is 0 Å². The molecule has 0 amide bonds. The van der Waals surface area contributed by atoms with Gasteiger partial charge in [-0.25, -0.2) is 4.98 Å². The molecule has 3 heterocycles. The third kappa shape index (κ3) is 3.71. The summed E-state index contributed by atoms with van der Waals surface area (Å²) in [6, 6.07) is 16.1. The van der Waals surface area contributed by atoms with E-state index >= 15 is 0 Å². The van der Waals surface area contributed by atoms with Gasteiger partial charge in [0.2, 0.25) is 0 Å². The Labute approximate surface area is 159 Å². The van der Waals surface area contributed by atoms with Crippen molar-refractivity contribution in [2.45, 2.75) is 0 Å². The van der Waals surface area contributed by atoms with E-state index in [9.17, 15) is 0 Å². The number of likely N-dealkylation sites (N-methyl/N-ethyl adjacent to an activating group) is 1. The molecular weight excluding hydrogens is 344 g/mol. The molecule has 0 bridgehead atoms. The average molecular weight is 365 g/mol. The first kappa shape index (κ1) is 17.0. The summed E-state index contributed by atoms with van der Waals surface area (Å²) < 4.78 is 0. The fourth-order valence-corrected chi connectivity index (χ4v) is 3.26. The van der Waals surface area contributed by atoms with Crippen LogP contribution in [0.25, 0.3) is 22.4 Å². The minimum absolute atomic E-state index is 0.741. The Morgan fingerprint density at radius 1 is 0.731 bits per heavy atom.